The van der Waals surface area contributed by atoms with Gasteiger partial charge in [0.1, 0.15) is 6.54 Å². The summed E-state index contributed by atoms with van der Waals surface area (Å²) >= 11 is 6.18. The molecule has 1 rings (SSSR count). The fourth-order valence-corrected chi connectivity index (χ4v) is 2.30. The van der Waals surface area contributed by atoms with E-state index < -0.39 is 12.7 Å². The van der Waals surface area contributed by atoms with Crippen molar-refractivity contribution in [3.05, 3.63) is 28.8 Å². The molecule has 1 aromatic rings. The molecule has 120 valence electrons. The summed E-state index contributed by atoms with van der Waals surface area (Å²) in [4.78, 5) is 1.31. The average Bonchev–Trinajstić information content (AvgIpc) is 2.39. The summed E-state index contributed by atoms with van der Waals surface area (Å²) in [6.45, 7) is 4.83. The Balaban J connectivity index is 2.82. The minimum absolute atomic E-state index is 0.350. The number of anilines is 1. The lowest BCUT2D eigenvalue weighted by Crippen LogP contribution is -2.34. The molecule has 2 nitrogen and oxygen atoms in total. The second kappa shape index (κ2) is 8.49. The lowest BCUT2D eigenvalue weighted by molar-refractivity contribution is -0.119. The van der Waals surface area contributed by atoms with Crippen LogP contribution in [-0.2, 0) is 6.54 Å². The van der Waals surface area contributed by atoms with Gasteiger partial charge >= 0.3 is 6.18 Å². The number of hydrogen-bond acceptors (Lipinski definition) is 2. The number of nitrogens with one attached hydrogen (secondary N) is 1. The predicted octanol–water partition coefficient (Wildman–Crippen LogP) is 4.62. The van der Waals surface area contributed by atoms with E-state index in [4.69, 9.17) is 11.6 Å². The van der Waals surface area contributed by atoms with Gasteiger partial charge in [-0.2, -0.15) is 13.2 Å². The number of alkyl halides is 3. The molecule has 21 heavy (non-hydrogen) atoms. The van der Waals surface area contributed by atoms with Crippen LogP contribution in [0.3, 0.4) is 0 Å². The molecule has 0 aliphatic rings. The highest BCUT2D eigenvalue weighted by molar-refractivity contribution is 6.31. The summed E-state index contributed by atoms with van der Waals surface area (Å²) < 4.78 is 37.8. The van der Waals surface area contributed by atoms with Crippen molar-refractivity contribution in [2.24, 2.45) is 0 Å². The summed E-state index contributed by atoms with van der Waals surface area (Å²) in [5, 5.41) is 3.73. The molecule has 0 radical (unpaired) electrons. The van der Waals surface area contributed by atoms with E-state index in [-0.39, 0.29) is 0 Å². The van der Waals surface area contributed by atoms with E-state index in [2.05, 4.69) is 12.2 Å². The number of nitrogens with zero attached hydrogens (tertiary/aromatic N) is 1. The molecule has 0 fully saturated rings. The van der Waals surface area contributed by atoms with Gasteiger partial charge in [0, 0.05) is 23.8 Å². The van der Waals surface area contributed by atoms with Gasteiger partial charge in [-0.1, -0.05) is 31.5 Å². The summed E-state index contributed by atoms with van der Waals surface area (Å²) in [5.41, 5.74) is 1.41. The number of rotatable bonds is 8. The van der Waals surface area contributed by atoms with Gasteiger partial charge in [-0.05, 0) is 37.1 Å². The Kier molecular flexibility index (Phi) is 7.32. The van der Waals surface area contributed by atoms with Crippen LogP contribution in [0.2, 0.25) is 5.02 Å². The normalized spacial score (nSPS) is 11.7. The standard InChI is InChI=1S/C15H22ClF3N2/c1-3-7-20-10-12-5-6-13(9-14(12)16)21(8-4-2)11-15(17,18)19/h5-6,9,20H,3-4,7-8,10-11H2,1-2H3. The zero-order chi connectivity index (χ0) is 15.9. The van der Waals surface area contributed by atoms with Crippen LogP contribution in [0.5, 0.6) is 0 Å². The molecule has 0 amide bonds. The maximum Gasteiger partial charge on any atom is 0.405 e. The molecule has 0 atom stereocenters. The summed E-state index contributed by atoms with van der Waals surface area (Å²) in [5.74, 6) is 0. The van der Waals surface area contributed by atoms with Gasteiger partial charge in [0.2, 0.25) is 0 Å². The van der Waals surface area contributed by atoms with E-state index in [1.54, 1.807) is 18.2 Å². The van der Waals surface area contributed by atoms with Gasteiger partial charge < -0.3 is 10.2 Å². The van der Waals surface area contributed by atoms with Crippen LogP contribution in [-0.4, -0.2) is 25.8 Å². The Morgan fingerprint density at radius 2 is 1.90 bits per heavy atom. The monoisotopic (exact) mass is 322 g/mol. The van der Waals surface area contributed by atoms with E-state index in [0.717, 1.165) is 18.5 Å². The lowest BCUT2D eigenvalue weighted by Gasteiger charge is -2.26. The Morgan fingerprint density at radius 3 is 2.43 bits per heavy atom. The SMILES string of the molecule is CCCNCc1ccc(N(CCC)CC(F)(F)F)cc1Cl. The van der Waals surface area contributed by atoms with Crippen molar-refractivity contribution in [2.75, 3.05) is 24.5 Å². The molecule has 0 heterocycles. The molecular weight excluding hydrogens is 301 g/mol. The van der Waals surface area contributed by atoms with E-state index >= 15 is 0 Å². The van der Waals surface area contributed by atoms with Crippen LogP contribution in [0.4, 0.5) is 18.9 Å². The maximum absolute atomic E-state index is 12.6. The van der Waals surface area contributed by atoms with E-state index in [1.807, 2.05) is 6.92 Å². The summed E-state index contributed by atoms with van der Waals surface area (Å²) in [7, 11) is 0. The molecule has 0 aliphatic heterocycles. The van der Waals surface area contributed by atoms with Crippen molar-refractivity contribution in [2.45, 2.75) is 39.4 Å². The van der Waals surface area contributed by atoms with Gasteiger partial charge in [0.15, 0.2) is 0 Å². The molecular formula is C15H22ClF3N2. The highest BCUT2D eigenvalue weighted by atomic mass is 35.5. The average molecular weight is 323 g/mol. The Morgan fingerprint density at radius 1 is 1.19 bits per heavy atom. The first-order chi connectivity index (χ1) is 9.87. The molecule has 0 saturated heterocycles. The number of hydrogen-bond donors (Lipinski definition) is 1. The highest BCUT2D eigenvalue weighted by Crippen LogP contribution is 2.27. The van der Waals surface area contributed by atoms with Gasteiger partial charge in [-0.15, -0.1) is 0 Å². The van der Waals surface area contributed by atoms with Gasteiger partial charge in [0.05, 0.1) is 0 Å². The van der Waals surface area contributed by atoms with Crippen molar-refractivity contribution in [3.63, 3.8) is 0 Å². The topological polar surface area (TPSA) is 15.3 Å². The quantitative estimate of drug-likeness (QED) is 0.703. The Labute approximate surface area is 129 Å². The molecule has 0 spiro atoms. The van der Waals surface area contributed by atoms with Crippen LogP contribution in [0.15, 0.2) is 18.2 Å². The minimum atomic E-state index is -4.22. The second-order valence-electron chi connectivity index (χ2n) is 4.99. The van der Waals surface area contributed by atoms with Crippen LogP contribution >= 0.6 is 11.6 Å². The molecule has 0 aliphatic carbocycles. The summed E-state index contributed by atoms with van der Waals surface area (Å²) in [6.07, 6.45) is -2.55. The zero-order valence-electron chi connectivity index (χ0n) is 12.4. The van der Waals surface area contributed by atoms with Gasteiger partial charge in [0.25, 0.3) is 0 Å². The van der Waals surface area contributed by atoms with Crippen LogP contribution in [0.25, 0.3) is 0 Å². The van der Waals surface area contributed by atoms with Gasteiger partial charge in [-0.25, -0.2) is 0 Å². The smallest absolute Gasteiger partial charge is 0.363 e. The van der Waals surface area contributed by atoms with E-state index in [9.17, 15) is 13.2 Å². The first-order valence-electron chi connectivity index (χ1n) is 7.18. The zero-order valence-corrected chi connectivity index (χ0v) is 13.2. The molecule has 0 aromatic heterocycles. The molecule has 0 unspecified atom stereocenters. The number of halogens is 4. The van der Waals surface area contributed by atoms with Crippen molar-refractivity contribution in [3.8, 4) is 0 Å². The largest absolute Gasteiger partial charge is 0.405 e. The van der Waals surface area contributed by atoms with Crippen LogP contribution in [0, 0.1) is 0 Å². The summed E-state index contributed by atoms with van der Waals surface area (Å²) in [6, 6.07) is 5.11. The molecule has 0 saturated carbocycles. The van der Waals surface area contributed by atoms with Crippen LogP contribution < -0.4 is 10.2 Å². The first kappa shape index (κ1) is 18.1. The third kappa shape index (κ3) is 6.57. The molecule has 0 bridgehead atoms. The number of benzene rings is 1. The Hall–Kier alpha value is -0.940. The Bertz CT molecular complexity index is 435. The first-order valence-corrected chi connectivity index (χ1v) is 7.56. The third-order valence-electron chi connectivity index (χ3n) is 3.01. The molecule has 1 N–H and O–H groups in total. The van der Waals surface area contributed by atoms with E-state index in [1.165, 1.54) is 4.90 Å². The third-order valence-corrected chi connectivity index (χ3v) is 3.36. The van der Waals surface area contributed by atoms with Crippen molar-refractivity contribution in [1.82, 2.24) is 5.32 Å². The fourth-order valence-electron chi connectivity index (χ4n) is 2.06. The molecule has 6 heteroatoms. The van der Waals surface area contributed by atoms with Gasteiger partial charge in [-0.3, -0.25) is 0 Å². The highest BCUT2D eigenvalue weighted by Gasteiger charge is 2.30. The van der Waals surface area contributed by atoms with Crippen LogP contribution in [0.1, 0.15) is 32.3 Å². The lowest BCUT2D eigenvalue weighted by atomic mass is 10.1. The molecule has 1 aromatic carbocycles. The van der Waals surface area contributed by atoms with E-state index in [0.29, 0.717) is 30.2 Å². The fraction of sp³-hybridized carbons (Fsp3) is 0.600. The van der Waals surface area contributed by atoms with Crippen molar-refractivity contribution in [1.29, 1.82) is 0 Å². The van der Waals surface area contributed by atoms with Crippen molar-refractivity contribution < 1.29 is 13.2 Å². The minimum Gasteiger partial charge on any atom is -0.363 e. The predicted molar refractivity (Wildman–Crippen MR) is 82.0 cm³/mol. The van der Waals surface area contributed by atoms with Crippen molar-refractivity contribution >= 4 is 17.3 Å². The second-order valence-corrected chi connectivity index (χ2v) is 5.40. The maximum atomic E-state index is 12.6.